The Morgan fingerprint density at radius 1 is 1.07 bits per heavy atom. The molecular weight excluding hydrogens is 445 g/mol. The van der Waals surface area contributed by atoms with Gasteiger partial charge in [-0.3, -0.25) is 4.79 Å². The van der Waals surface area contributed by atoms with Crippen LogP contribution in [0.1, 0.15) is 21.7 Å². The summed E-state index contributed by atoms with van der Waals surface area (Å²) in [4.78, 5) is 18.6. The second-order valence-corrected chi connectivity index (χ2v) is 6.99. The smallest absolute Gasteiger partial charge is 0.329 e. The lowest BCUT2D eigenvalue weighted by Crippen LogP contribution is -2.38. The summed E-state index contributed by atoms with van der Waals surface area (Å²) in [6.45, 7) is 0.819. The van der Waals surface area contributed by atoms with Crippen molar-refractivity contribution >= 4 is 29.9 Å². The first-order chi connectivity index (χ1) is 13.8. The molecule has 30 heavy (non-hydrogen) atoms. The van der Waals surface area contributed by atoms with E-state index >= 15 is 0 Å². The summed E-state index contributed by atoms with van der Waals surface area (Å²) in [5.74, 6) is -0.340. The molecule has 1 amide bonds. The Bertz CT molecular complexity index is 1080. The van der Waals surface area contributed by atoms with Crippen LogP contribution < -0.4 is 0 Å². The molecule has 0 fully saturated rings. The van der Waals surface area contributed by atoms with Crippen LogP contribution in [-0.2, 0) is 19.3 Å². The normalized spacial score (nSPS) is 13.6. The Morgan fingerprint density at radius 2 is 1.77 bits per heavy atom. The lowest BCUT2D eigenvalue weighted by atomic mass is 10.1. The zero-order chi connectivity index (χ0) is 20.8. The number of halogens is 6. The SMILES string of the molecule is Cl.O=C(c1cccc(C(F)(F)F)c1Cl)N1CCn2c(-c3ccc(F)cc3)cnc2C1. The minimum atomic E-state index is -4.64. The van der Waals surface area contributed by atoms with Crippen LogP contribution in [0.25, 0.3) is 11.3 Å². The molecule has 0 N–H and O–H groups in total. The monoisotopic (exact) mass is 459 g/mol. The predicted octanol–water partition coefficient (Wildman–Crippen LogP) is 5.44. The molecule has 4 rings (SSSR count). The first-order valence-corrected chi connectivity index (χ1v) is 9.09. The van der Waals surface area contributed by atoms with E-state index < -0.39 is 22.7 Å². The first kappa shape index (κ1) is 22.1. The van der Waals surface area contributed by atoms with Crippen molar-refractivity contribution in [2.24, 2.45) is 0 Å². The van der Waals surface area contributed by atoms with Crippen molar-refractivity contribution in [3.8, 4) is 11.3 Å². The minimum Gasteiger partial charge on any atom is -0.329 e. The van der Waals surface area contributed by atoms with Gasteiger partial charge in [0.2, 0.25) is 0 Å². The molecule has 0 radical (unpaired) electrons. The van der Waals surface area contributed by atoms with E-state index in [9.17, 15) is 22.4 Å². The summed E-state index contributed by atoms with van der Waals surface area (Å²) in [6, 6.07) is 9.27. The molecule has 0 bridgehead atoms. The molecule has 0 spiro atoms. The molecule has 2 aromatic carbocycles. The molecule has 0 aliphatic carbocycles. The molecule has 0 unspecified atom stereocenters. The molecule has 1 aliphatic rings. The number of alkyl halides is 3. The van der Waals surface area contributed by atoms with Crippen LogP contribution in [0.15, 0.2) is 48.7 Å². The van der Waals surface area contributed by atoms with Crippen molar-refractivity contribution in [2.45, 2.75) is 19.3 Å². The number of amides is 1. The van der Waals surface area contributed by atoms with Gasteiger partial charge >= 0.3 is 6.18 Å². The van der Waals surface area contributed by atoms with Gasteiger partial charge in [0.15, 0.2) is 0 Å². The number of imidazole rings is 1. The Labute approximate surface area is 180 Å². The van der Waals surface area contributed by atoms with Crippen LogP contribution in [0.3, 0.4) is 0 Å². The number of hydrogen-bond donors (Lipinski definition) is 0. The molecule has 0 atom stereocenters. The third-order valence-electron chi connectivity index (χ3n) is 4.83. The van der Waals surface area contributed by atoms with E-state index in [1.807, 2.05) is 4.57 Å². The summed E-state index contributed by atoms with van der Waals surface area (Å²) in [7, 11) is 0. The number of aromatic nitrogens is 2. The van der Waals surface area contributed by atoms with Crippen LogP contribution in [-0.4, -0.2) is 26.9 Å². The fourth-order valence-electron chi connectivity index (χ4n) is 3.37. The molecular formula is C20H15Cl2F4N3O. The fourth-order valence-corrected chi connectivity index (χ4v) is 3.69. The van der Waals surface area contributed by atoms with Gasteiger partial charge in [0.05, 0.1) is 34.6 Å². The lowest BCUT2D eigenvalue weighted by molar-refractivity contribution is -0.137. The van der Waals surface area contributed by atoms with E-state index in [1.165, 1.54) is 29.2 Å². The second-order valence-electron chi connectivity index (χ2n) is 6.61. The van der Waals surface area contributed by atoms with Gasteiger partial charge in [-0.1, -0.05) is 17.7 Å². The number of carbonyl (C=O) groups excluding carboxylic acids is 1. The molecule has 4 nitrogen and oxygen atoms in total. The number of fused-ring (bicyclic) bond motifs is 1. The van der Waals surface area contributed by atoms with E-state index in [2.05, 4.69) is 4.98 Å². The summed E-state index contributed by atoms with van der Waals surface area (Å²) in [6.07, 6.45) is -3.01. The van der Waals surface area contributed by atoms with Crippen molar-refractivity contribution in [3.63, 3.8) is 0 Å². The third-order valence-corrected chi connectivity index (χ3v) is 5.23. The van der Waals surface area contributed by atoms with E-state index in [1.54, 1.807) is 18.3 Å². The largest absolute Gasteiger partial charge is 0.417 e. The highest BCUT2D eigenvalue weighted by atomic mass is 35.5. The zero-order valence-electron chi connectivity index (χ0n) is 15.3. The van der Waals surface area contributed by atoms with E-state index in [0.717, 1.165) is 17.3 Å². The number of carbonyl (C=O) groups is 1. The van der Waals surface area contributed by atoms with Crippen molar-refractivity contribution in [2.75, 3.05) is 6.54 Å². The highest BCUT2D eigenvalue weighted by Gasteiger charge is 2.35. The lowest BCUT2D eigenvalue weighted by Gasteiger charge is -2.29. The highest BCUT2D eigenvalue weighted by molar-refractivity contribution is 6.34. The molecule has 1 aliphatic heterocycles. The van der Waals surface area contributed by atoms with Gasteiger partial charge in [0, 0.05) is 13.1 Å². The van der Waals surface area contributed by atoms with Gasteiger partial charge in [-0.05, 0) is 42.0 Å². The van der Waals surface area contributed by atoms with Gasteiger partial charge in [0.25, 0.3) is 5.91 Å². The average molecular weight is 460 g/mol. The standard InChI is InChI=1S/C20H14ClF4N3O.ClH/c21-18-14(2-1-3-15(18)20(23,24)25)19(29)27-8-9-28-16(10-26-17(28)11-27)12-4-6-13(22)7-5-12;/h1-7,10H,8-9,11H2;1H. The molecule has 10 heteroatoms. The minimum absolute atomic E-state index is 0. The Balaban J connectivity index is 0.00000256. The highest BCUT2D eigenvalue weighted by Crippen LogP contribution is 2.37. The van der Waals surface area contributed by atoms with Gasteiger partial charge in [-0.15, -0.1) is 12.4 Å². The maximum Gasteiger partial charge on any atom is 0.417 e. The van der Waals surface area contributed by atoms with Crippen LogP contribution in [0, 0.1) is 5.82 Å². The van der Waals surface area contributed by atoms with Gasteiger partial charge in [0.1, 0.15) is 11.6 Å². The number of rotatable bonds is 2. The maximum absolute atomic E-state index is 13.2. The second kappa shape index (κ2) is 8.28. The van der Waals surface area contributed by atoms with Crippen LogP contribution in [0.4, 0.5) is 17.6 Å². The van der Waals surface area contributed by atoms with Crippen molar-refractivity contribution in [1.82, 2.24) is 14.5 Å². The Kier molecular flexibility index (Phi) is 6.10. The van der Waals surface area contributed by atoms with Gasteiger partial charge in [-0.2, -0.15) is 13.2 Å². The number of nitrogens with zero attached hydrogens (tertiary/aromatic N) is 3. The molecule has 2 heterocycles. The summed E-state index contributed by atoms with van der Waals surface area (Å²) in [5.41, 5.74) is 0.331. The van der Waals surface area contributed by atoms with E-state index in [0.29, 0.717) is 12.4 Å². The van der Waals surface area contributed by atoms with Crippen LogP contribution >= 0.6 is 24.0 Å². The summed E-state index contributed by atoms with van der Waals surface area (Å²) in [5, 5.41) is -0.606. The summed E-state index contributed by atoms with van der Waals surface area (Å²) < 4.78 is 54.3. The zero-order valence-corrected chi connectivity index (χ0v) is 16.9. The van der Waals surface area contributed by atoms with Crippen molar-refractivity contribution < 1.29 is 22.4 Å². The first-order valence-electron chi connectivity index (χ1n) is 8.71. The molecule has 158 valence electrons. The quantitative estimate of drug-likeness (QED) is 0.478. The summed E-state index contributed by atoms with van der Waals surface area (Å²) >= 11 is 5.89. The fraction of sp³-hybridized carbons (Fsp3) is 0.200. The number of benzene rings is 2. The number of hydrogen-bond acceptors (Lipinski definition) is 2. The van der Waals surface area contributed by atoms with Gasteiger partial charge in [-0.25, -0.2) is 9.37 Å². The van der Waals surface area contributed by atoms with Crippen LogP contribution in [0.5, 0.6) is 0 Å². The van der Waals surface area contributed by atoms with Crippen LogP contribution in [0.2, 0.25) is 5.02 Å². The average Bonchev–Trinajstić information content (AvgIpc) is 3.10. The third kappa shape index (κ3) is 4.02. The molecule has 3 aromatic rings. The van der Waals surface area contributed by atoms with Crippen molar-refractivity contribution in [1.29, 1.82) is 0 Å². The maximum atomic E-state index is 13.2. The Hall–Kier alpha value is -2.58. The predicted molar refractivity (Wildman–Crippen MR) is 106 cm³/mol. The molecule has 0 saturated carbocycles. The van der Waals surface area contributed by atoms with Crippen molar-refractivity contribution in [3.05, 3.63) is 76.5 Å². The topological polar surface area (TPSA) is 38.1 Å². The van der Waals surface area contributed by atoms with Gasteiger partial charge < -0.3 is 9.47 Å². The molecule has 0 saturated heterocycles. The molecule has 1 aromatic heterocycles. The Morgan fingerprint density at radius 3 is 2.43 bits per heavy atom. The van der Waals surface area contributed by atoms with E-state index in [-0.39, 0.29) is 36.9 Å². The van der Waals surface area contributed by atoms with E-state index in [4.69, 9.17) is 11.6 Å².